The summed E-state index contributed by atoms with van der Waals surface area (Å²) in [5, 5.41) is 8.65. The average molecular weight is 149 g/mol. The molecule has 0 fully saturated rings. The van der Waals surface area contributed by atoms with Crippen LogP contribution in [0.2, 0.25) is 0 Å². The van der Waals surface area contributed by atoms with Crippen molar-refractivity contribution in [1.29, 1.82) is 0 Å². The third-order valence-electron chi connectivity index (χ3n) is 1.27. The minimum atomic E-state index is -1.13. The Labute approximate surface area is 59.4 Å². The third-order valence-corrected chi connectivity index (χ3v) is 1.27. The molecule has 0 amide bonds. The van der Waals surface area contributed by atoms with E-state index in [1.165, 1.54) is 0 Å². The first-order valence-electron chi connectivity index (χ1n) is 3.08. The minimum absolute atomic E-state index is 0.215. The number of rotatable bonds is 3. The van der Waals surface area contributed by atoms with Crippen molar-refractivity contribution in [1.82, 2.24) is 5.12 Å². The summed E-state index contributed by atoms with van der Waals surface area (Å²) in [6, 6.07) is -1.03. The van der Waals surface area contributed by atoms with Crippen LogP contribution in [0.15, 0.2) is 0 Å². The van der Waals surface area contributed by atoms with Crippen LogP contribution < -0.4 is 0 Å². The number of carbonyl (C=O) groups is 1. The van der Waals surface area contributed by atoms with Crippen LogP contribution in [0.25, 0.3) is 0 Å². The van der Waals surface area contributed by atoms with Crippen LogP contribution >= 0.6 is 0 Å². The molecule has 0 aromatic heterocycles. The maximum atomic E-state index is 12.3. The average Bonchev–Trinajstić information content (AvgIpc) is 1.59. The van der Waals surface area contributed by atoms with Gasteiger partial charge in [-0.15, -0.1) is 9.60 Å². The van der Waals surface area contributed by atoms with Crippen LogP contribution in [0.5, 0.6) is 0 Å². The highest BCUT2D eigenvalue weighted by Gasteiger charge is 2.25. The molecule has 0 aromatic rings. The molecule has 0 bridgehead atoms. The summed E-state index contributed by atoms with van der Waals surface area (Å²) in [5.41, 5.74) is 0. The number of halogens is 1. The molecule has 1 N–H and O–H groups in total. The lowest BCUT2D eigenvalue weighted by Crippen LogP contribution is -2.37. The number of hydrogen-bond donors (Lipinski definition) is 1. The van der Waals surface area contributed by atoms with E-state index in [9.17, 15) is 9.28 Å². The van der Waals surface area contributed by atoms with Crippen molar-refractivity contribution in [3.63, 3.8) is 0 Å². The molecule has 10 heavy (non-hydrogen) atoms. The lowest BCUT2D eigenvalue weighted by Gasteiger charge is -2.18. The molecule has 0 rings (SSSR count). The van der Waals surface area contributed by atoms with Crippen molar-refractivity contribution in [3.05, 3.63) is 0 Å². The van der Waals surface area contributed by atoms with Gasteiger partial charge in [-0.1, -0.05) is 13.8 Å². The highest BCUT2D eigenvalue weighted by Crippen LogP contribution is 2.08. The number of carboxylic acid groups (broad SMARTS) is 1. The molecule has 0 aromatic carbocycles. The molecule has 0 aliphatic heterocycles. The summed E-state index contributed by atoms with van der Waals surface area (Å²) in [5.74, 6) is -1.34. The molecule has 1 atom stereocenters. The molecule has 0 aliphatic rings. The maximum Gasteiger partial charge on any atom is 0.323 e. The summed E-state index contributed by atoms with van der Waals surface area (Å²) >= 11 is 0. The van der Waals surface area contributed by atoms with Gasteiger partial charge >= 0.3 is 5.97 Å². The lowest BCUT2D eigenvalue weighted by atomic mass is 10.1. The van der Waals surface area contributed by atoms with Crippen LogP contribution in [-0.2, 0) is 4.79 Å². The van der Waals surface area contributed by atoms with Crippen molar-refractivity contribution in [2.45, 2.75) is 19.9 Å². The predicted molar refractivity (Wildman–Crippen MR) is 35.1 cm³/mol. The Bertz CT molecular complexity index is 117. The molecule has 60 valence electrons. The second-order valence-electron chi connectivity index (χ2n) is 2.55. The van der Waals surface area contributed by atoms with E-state index in [-0.39, 0.29) is 11.0 Å². The summed E-state index contributed by atoms with van der Waals surface area (Å²) < 4.78 is 12.3. The fraction of sp³-hybridized carbons (Fsp3) is 0.833. The molecular formula is C6H12FNO2. The fourth-order valence-electron chi connectivity index (χ4n) is 0.848. The Morgan fingerprint density at radius 1 is 1.60 bits per heavy atom. The number of carboxylic acids is 1. The van der Waals surface area contributed by atoms with Gasteiger partial charge in [-0.05, 0) is 5.92 Å². The van der Waals surface area contributed by atoms with Gasteiger partial charge in [-0.3, -0.25) is 4.79 Å². The highest BCUT2D eigenvalue weighted by atomic mass is 19.2. The van der Waals surface area contributed by atoms with Gasteiger partial charge in [0, 0.05) is 7.05 Å². The molecule has 0 aliphatic carbocycles. The Balaban J connectivity index is 4.12. The maximum absolute atomic E-state index is 12.3. The van der Waals surface area contributed by atoms with Crippen LogP contribution in [-0.4, -0.2) is 29.3 Å². The van der Waals surface area contributed by atoms with Crippen LogP contribution in [0, 0.1) is 5.92 Å². The zero-order chi connectivity index (χ0) is 8.31. The van der Waals surface area contributed by atoms with Crippen molar-refractivity contribution < 1.29 is 14.4 Å². The van der Waals surface area contributed by atoms with E-state index in [0.29, 0.717) is 0 Å². The third kappa shape index (κ3) is 2.31. The van der Waals surface area contributed by atoms with Crippen molar-refractivity contribution in [2.75, 3.05) is 7.05 Å². The van der Waals surface area contributed by atoms with Gasteiger partial charge in [-0.25, -0.2) is 0 Å². The normalized spacial score (nSPS) is 14.2. The van der Waals surface area contributed by atoms with E-state index in [4.69, 9.17) is 5.11 Å². The molecular weight excluding hydrogens is 137 g/mol. The first-order chi connectivity index (χ1) is 4.46. The standard InChI is InChI=1S/C6H12FNO2/c1-4(2)5(6(9)10)8(3)7/h4-5H,1-3H3,(H,9,10)/t5-/m0/s1. The van der Waals surface area contributed by atoms with E-state index >= 15 is 0 Å². The fourth-order valence-corrected chi connectivity index (χ4v) is 0.848. The molecule has 4 heteroatoms. The van der Waals surface area contributed by atoms with Crippen molar-refractivity contribution in [2.24, 2.45) is 5.92 Å². The quantitative estimate of drug-likeness (QED) is 0.606. The SMILES string of the molecule is CC(C)[C@@H](C(=O)O)N(C)F. The Morgan fingerprint density at radius 3 is 2.00 bits per heavy atom. The molecule has 0 unspecified atom stereocenters. The second-order valence-corrected chi connectivity index (χ2v) is 2.55. The molecule has 0 radical (unpaired) electrons. The van der Waals surface area contributed by atoms with Gasteiger partial charge < -0.3 is 5.11 Å². The first kappa shape index (κ1) is 9.36. The van der Waals surface area contributed by atoms with Gasteiger partial charge in [0.15, 0.2) is 0 Å². The zero-order valence-corrected chi connectivity index (χ0v) is 6.34. The lowest BCUT2D eigenvalue weighted by molar-refractivity contribution is -0.152. The van der Waals surface area contributed by atoms with Gasteiger partial charge in [-0.2, -0.15) is 0 Å². The molecule has 0 saturated carbocycles. The number of nitrogens with zero attached hydrogens (tertiary/aromatic N) is 1. The van der Waals surface area contributed by atoms with E-state index in [2.05, 4.69) is 0 Å². The van der Waals surface area contributed by atoms with E-state index in [1.54, 1.807) is 13.8 Å². The number of hydrogen-bond acceptors (Lipinski definition) is 2. The summed E-state index contributed by atoms with van der Waals surface area (Å²) in [4.78, 5) is 10.3. The smallest absolute Gasteiger partial charge is 0.323 e. The molecule has 0 heterocycles. The van der Waals surface area contributed by atoms with Crippen LogP contribution in [0.4, 0.5) is 4.48 Å². The van der Waals surface area contributed by atoms with Crippen LogP contribution in [0.3, 0.4) is 0 Å². The molecule has 3 nitrogen and oxygen atoms in total. The first-order valence-corrected chi connectivity index (χ1v) is 3.08. The second kappa shape index (κ2) is 3.51. The molecule has 0 spiro atoms. The largest absolute Gasteiger partial charge is 0.480 e. The summed E-state index contributed by atoms with van der Waals surface area (Å²) in [7, 11) is 1.11. The number of likely N-dealkylation sites (N-methyl/N-ethyl adjacent to an activating group) is 1. The van der Waals surface area contributed by atoms with E-state index < -0.39 is 12.0 Å². The Kier molecular flexibility index (Phi) is 3.28. The van der Waals surface area contributed by atoms with Gasteiger partial charge in [0.05, 0.1) is 0 Å². The topological polar surface area (TPSA) is 40.5 Å². The van der Waals surface area contributed by atoms with Gasteiger partial charge in [0.2, 0.25) is 0 Å². The zero-order valence-electron chi connectivity index (χ0n) is 6.34. The van der Waals surface area contributed by atoms with Crippen molar-refractivity contribution in [3.8, 4) is 0 Å². The Morgan fingerprint density at radius 2 is 2.00 bits per heavy atom. The van der Waals surface area contributed by atoms with E-state index in [0.717, 1.165) is 7.05 Å². The van der Waals surface area contributed by atoms with Gasteiger partial charge in [0.1, 0.15) is 6.04 Å². The monoisotopic (exact) mass is 149 g/mol. The van der Waals surface area contributed by atoms with Crippen LogP contribution in [0.1, 0.15) is 13.8 Å². The molecule has 0 saturated heterocycles. The summed E-state index contributed by atoms with van der Waals surface area (Å²) in [6.07, 6.45) is 0. The predicted octanol–water partition coefficient (Wildman–Crippen LogP) is 0.912. The number of aliphatic carboxylic acids is 1. The summed E-state index contributed by atoms with van der Waals surface area (Å²) in [6.45, 7) is 3.32. The van der Waals surface area contributed by atoms with Gasteiger partial charge in [0.25, 0.3) is 0 Å². The minimum Gasteiger partial charge on any atom is -0.480 e. The van der Waals surface area contributed by atoms with Crippen molar-refractivity contribution >= 4 is 5.97 Å². The van der Waals surface area contributed by atoms with E-state index in [1.807, 2.05) is 0 Å². The Hall–Kier alpha value is -0.640. The highest BCUT2D eigenvalue weighted by molar-refractivity contribution is 5.73.